The molecule has 48 heavy (non-hydrogen) atoms. The number of nitrogen functional groups attached to an aromatic ring is 2. The molecule has 0 saturated carbocycles. The number of nitrogens with zero attached hydrogens (tertiary/aromatic N) is 6. The van der Waals surface area contributed by atoms with Gasteiger partial charge in [-0.25, -0.2) is 18.4 Å². The number of aliphatic imine (C=N–C) groups is 1. The van der Waals surface area contributed by atoms with Crippen LogP contribution in [0.4, 0.5) is 11.6 Å². The molecule has 0 bridgehead atoms. The van der Waals surface area contributed by atoms with Crippen LogP contribution in [0, 0.1) is 0 Å². The lowest BCUT2D eigenvalue weighted by atomic mass is 9.88. The second kappa shape index (κ2) is 13.3. The standard InChI is InChI=1S/C32H35ClN10O4S/c1-41-23(12-13-24(41)48(46,47)43(18-21-8-4-2-5-9-21)19-22-10-6-3-7-11-22)30(45)42-16-14-32(15-17-42)20-36-31(40-32)39-29(44)25-27(34)38-28(35)26(33)37-25/h2-13H,14-20H2,1H3,(H4,34,35,38)(H2,36,39,40,44). The van der Waals surface area contributed by atoms with Crippen LogP contribution in [0.5, 0.6) is 0 Å². The van der Waals surface area contributed by atoms with E-state index < -0.39 is 21.5 Å². The Hall–Kier alpha value is -4.99. The van der Waals surface area contributed by atoms with Crippen LogP contribution >= 0.6 is 11.6 Å². The molecule has 0 radical (unpaired) electrons. The molecule has 2 aromatic heterocycles. The Morgan fingerprint density at radius 3 is 2.15 bits per heavy atom. The van der Waals surface area contributed by atoms with Crippen LogP contribution in [0.1, 0.15) is 44.9 Å². The number of piperidine rings is 1. The molecule has 6 rings (SSSR count). The number of halogens is 1. The fourth-order valence-electron chi connectivity index (χ4n) is 5.89. The predicted octanol–water partition coefficient (Wildman–Crippen LogP) is 2.39. The fourth-order valence-corrected chi connectivity index (χ4v) is 7.60. The summed E-state index contributed by atoms with van der Waals surface area (Å²) in [5.41, 5.74) is 12.7. The number of likely N-dealkylation sites (tertiary alicyclic amines) is 1. The third-order valence-corrected chi connectivity index (χ3v) is 10.7. The van der Waals surface area contributed by atoms with Crippen molar-refractivity contribution in [2.75, 3.05) is 31.1 Å². The van der Waals surface area contributed by atoms with Crippen molar-refractivity contribution >= 4 is 51.0 Å². The Bertz CT molecular complexity index is 1940. The molecule has 4 heterocycles. The number of guanidine groups is 1. The Morgan fingerprint density at radius 2 is 1.54 bits per heavy atom. The second-order valence-electron chi connectivity index (χ2n) is 11.8. The number of nitrogens with two attached hydrogens (primary N) is 2. The third-order valence-electron chi connectivity index (χ3n) is 8.59. The van der Waals surface area contributed by atoms with Gasteiger partial charge in [0.05, 0.1) is 12.1 Å². The number of rotatable bonds is 8. The number of hydrogen-bond acceptors (Lipinski definition) is 10. The van der Waals surface area contributed by atoms with Crippen LogP contribution in [0.25, 0.3) is 0 Å². The van der Waals surface area contributed by atoms with E-state index >= 15 is 0 Å². The molecule has 0 atom stereocenters. The van der Waals surface area contributed by atoms with Crippen molar-refractivity contribution < 1.29 is 18.0 Å². The summed E-state index contributed by atoms with van der Waals surface area (Å²) in [5, 5.41) is 5.83. The van der Waals surface area contributed by atoms with E-state index in [0.717, 1.165) is 11.1 Å². The summed E-state index contributed by atoms with van der Waals surface area (Å²) in [6, 6.07) is 21.9. The van der Waals surface area contributed by atoms with E-state index in [0.29, 0.717) is 32.5 Å². The van der Waals surface area contributed by atoms with Crippen LogP contribution in [-0.2, 0) is 30.2 Å². The summed E-state index contributed by atoms with van der Waals surface area (Å²) >= 11 is 5.91. The maximum atomic E-state index is 14.1. The number of aromatic nitrogens is 3. The van der Waals surface area contributed by atoms with Crippen LogP contribution in [0.15, 0.2) is 82.8 Å². The second-order valence-corrected chi connectivity index (χ2v) is 14.1. The normalized spacial score (nSPS) is 15.7. The van der Waals surface area contributed by atoms with Gasteiger partial charge in [-0.05, 0) is 36.1 Å². The first-order valence-electron chi connectivity index (χ1n) is 15.2. The highest BCUT2D eigenvalue weighted by atomic mass is 35.5. The van der Waals surface area contributed by atoms with Gasteiger partial charge in [0.1, 0.15) is 5.69 Å². The molecule has 14 nitrogen and oxygen atoms in total. The topological polar surface area (TPSA) is 194 Å². The van der Waals surface area contributed by atoms with Crippen LogP contribution < -0.4 is 22.1 Å². The van der Waals surface area contributed by atoms with E-state index in [1.54, 1.807) is 18.0 Å². The fraction of sp³-hybridized carbons (Fsp3) is 0.281. The molecule has 6 N–H and O–H groups in total. The summed E-state index contributed by atoms with van der Waals surface area (Å²) in [6.07, 6.45) is 1.10. The third kappa shape index (κ3) is 6.70. The molecule has 1 spiro atoms. The number of amides is 2. The van der Waals surface area contributed by atoms with Crippen LogP contribution in [0.3, 0.4) is 0 Å². The van der Waals surface area contributed by atoms with E-state index in [2.05, 4.69) is 25.6 Å². The van der Waals surface area contributed by atoms with E-state index in [1.807, 2.05) is 60.7 Å². The van der Waals surface area contributed by atoms with Gasteiger partial charge in [-0.15, -0.1) is 0 Å². The van der Waals surface area contributed by atoms with E-state index in [4.69, 9.17) is 23.1 Å². The smallest absolute Gasteiger partial charge is 0.280 e. The first kappa shape index (κ1) is 32.9. The summed E-state index contributed by atoms with van der Waals surface area (Å²) in [5.74, 6) is -0.900. The minimum Gasteiger partial charge on any atom is -0.382 e. The van der Waals surface area contributed by atoms with Crippen molar-refractivity contribution in [1.29, 1.82) is 0 Å². The molecule has 2 aliphatic rings. The van der Waals surface area contributed by atoms with Crippen molar-refractivity contribution in [2.45, 2.75) is 36.5 Å². The van der Waals surface area contributed by atoms with Gasteiger partial charge in [-0.2, -0.15) is 4.31 Å². The molecule has 1 saturated heterocycles. The maximum absolute atomic E-state index is 14.1. The SMILES string of the molecule is Cn1c(C(=O)N2CCC3(CC2)CN=C(NC(=O)c2nc(Cl)c(N)nc2N)N3)ccc1S(=O)(=O)N(Cc1ccccc1)Cc1ccccc1. The summed E-state index contributed by atoms with van der Waals surface area (Å²) in [7, 11) is -2.40. The average Bonchev–Trinajstić information content (AvgIpc) is 3.66. The Morgan fingerprint density at radius 1 is 0.938 bits per heavy atom. The minimum absolute atomic E-state index is 0.0325. The summed E-state index contributed by atoms with van der Waals surface area (Å²) in [4.78, 5) is 40.4. The summed E-state index contributed by atoms with van der Waals surface area (Å²) in [6.45, 7) is 1.53. The number of benzene rings is 2. The van der Waals surface area contributed by atoms with Gasteiger partial charge < -0.3 is 26.3 Å². The van der Waals surface area contributed by atoms with E-state index in [1.165, 1.54) is 14.9 Å². The number of carbonyl (C=O) groups excluding carboxylic acids is 2. The number of carbonyl (C=O) groups is 2. The highest BCUT2D eigenvalue weighted by Crippen LogP contribution is 2.28. The molecule has 2 aliphatic heterocycles. The molecular weight excluding hydrogens is 656 g/mol. The molecule has 2 aromatic carbocycles. The Balaban J connectivity index is 1.11. The predicted molar refractivity (Wildman–Crippen MR) is 181 cm³/mol. The van der Waals surface area contributed by atoms with Gasteiger partial charge >= 0.3 is 0 Å². The lowest BCUT2D eigenvalue weighted by Gasteiger charge is -2.39. The monoisotopic (exact) mass is 690 g/mol. The van der Waals surface area contributed by atoms with Gasteiger partial charge in [0.2, 0.25) is 0 Å². The quantitative estimate of drug-likeness (QED) is 0.215. The minimum atomic E-state index is -4.00. The highest BCUT2D eigenvalue weighted by molar-refractivity contribution is 7.89. The van der Waals surface area contributed by atoms with Crippen molar-refractivity contribution in [3.8, 4) is 0 Å². The maximum Gasteiger partial charge on any atom is 0.280 e. The first-order valence-corrected chi connectivity index (χ1v) is 17.0. The zero-order valence-corrected chi connectivity index (χ0v) is 27.7. The van der Waals surface area contributed by atoms with Crippen LogP contribution in [0.2, 0.25) is 5.15 Å². The van der Waals surface area contributed by atoms with Crippen LogP contribution in [-0.4, -0.2) is 75.1 Å². The molecular formula is C32H35ClN10O4S. The number of hydrogen-bond donors (Lipinski definition) is 4. The summed E-state index contributed by atoms with van der Waals surface area (Å²) < 4.78 is 31.1. The molecule has 16 heteroatoms. The Labute approximate surface area is 282 Å². The van der Waals surface area contributed by atoms with Gasteiger partial charge in [-0.1, -0.05) is 72.3 Å². The van der Waals surface area contributed by atoms with E-state index in [9.17, 15) is 18.0 Å². The number of sulfonamides is 1. The largest absolute Gasteiger partial charge is 0.382 e. The molecule has 250 valence electrons. The van der Waals surface area contributed by atoms with Gasteiger partial charge in [-0.3, -0.25) is 19.9 Å². The van der Waals surface area contributed by atoms with Crippen molar-refractivity contribution in [3.05, 3.63) is 100 Å². The lowest BCUT2D eigenvalue weighted by molar-refractivity contribution is 0.0658. The van der Waals surface area contributed by atoms with Crippen molar-refractivity contribution in [3.63, 3.8) is 0 Å². The number of anilines is 2. The lowest BCUT2D eigenvalue weighted by Crippen LogP contribution is -2.57. The molecule has 0 unspecified atom stereocenters. The number of nitrogens with one attached hydrogen (secondary N) is 2. The molecule has 1 fully saturated rings. The molecule has 4 aromatic rings. The van der Waals surface area contributed by atoms with Gasteiger partial charge in [0, 0.05) is 33.2 Å². The highest BCUT2D eigenvalue weighted by Gasteiger charge is 2.41. The van der Waals surface area contributed by atoms with Gasteiger partial charge in [0.25, 0.3) is 21.8 Å². The van der Waals surface area contributed by atoms with Crippen molar-refractivity contribution in [1.82, 2.24) is 34.4 Å². The Kier molecular flexibility index (Phi) is 9.09. The zero-order valence-electron chi connectivity index (χ0n) is 26.1. The molecule has 0 aliphatic carbocycles. The van der Waals surface area contributed by atoms with Crippen molar-refractivity contribution in [2.24, 2.45) is 12.0 Å². The first-order chi connectivity index (χ1) is 23.0. The van der Waals surface area contributed by atoms with Gasteiger partial charge in [0.15, 0.2) is 33.5 Å². The average molecular weight is 691 g/mol. The molecule has 2 amide bonds. The van der Waals surface area contributed by atoms with E-state index in [-0.39, 0.29) is 58.2 Å². The zero-order chi connectivity index (χ0) is 34.1.